The molecular formula is C25H27FN2O2S. The maximum absolute atomic E-state index is 13.5. The summed E-state index contributed by atoms with van der Waals surface area (Å²) in [5, 5.41) is 12.8. The van der Waals surface area contributed by atoms with Gasteiger partial charge in [-0.05, 0) is 74.0 Å². The normalized spacial score (nSPS) is 21.0. The Bertz CT molecular complexity index is 1190. The number of aliphatic hydroxyl groups is 1. The molecule has 0 amide bonds. The van der Waals surface area contributed by atoms with Gasteiger partial charge in [0.2, 0.25) is 0 Å². The minimum atomic E-state index is -0.541. The lowest BCUT2D eigenvalue weighted by Crippen LogP contribution is -2.45. The molecule has 4 nitrogen and oxygen atoms in total. The van der Waals surface area contributed by atoms with Crippen LogP contribution in [0.4, 0.5) is 4.39 Å². The van der Waals surface area contributed by atoms with Crippen LogP contribution in [0.3, 0.4) is 0 Å². The number of β-amino-alcohol motifs (C(OH)–C–C–N with tert-alkyl or cyclic N) is 1. The number of ether oxygens (including phenoxy) is 1. The summed E-state index contributed by atoms with van der Waals surface area (Å²) in [5.74, 6) is 1.12. The fourth-order valence-corrected chi connectivity index (χ4v) is 5.91. The zero-order valence-corrected chi connectivity index (χ0v) is 18.4. The van der Waals surface area contributed by atoms with Crippen LogP contribution in [0.2, 0.25) is 0 Å². The van der Waals surface area contributed by atoms with Crippen LogP contribution in [0.25, 0.3) is 21.0 Å². The van der Waals surface area contributed by atoms with Gasteiger partial charge in [-0.3, -0.25) is 4.90 Å². The molecule has 2 N–H and O–H groups in total. The van der Waals surface area contributed by atoms with Crippen molar-refractivity contribution in [3.63, 3.8) is 0 Å². The second-order valence-corrected chi connectivity index (χ2v) is 9.67. The number of fused-ring (bicyclic) bond motifs is 2. The van der Waals surface area contributed by atoms with Crippen LogP contribution in [-0.2, 0) is 0 Å². The quantitative estimate of drug-likeness (QED) is 0.416. The highest BCUT2D eigenvalue weighted by molar-refractivity contribution is 7.19. The molecule has 1 fully saturated rings. The Kier molecular flexibility index (Phi) is 5.69. The van der Waals surface area contributed by atoms with Gasteiger partial charge in [-0.25, -0.2) is 4.39 Å². The molecule has 1 aliphatic rings. The average Bonchev–Trinajstić information content (AvgIpc) is 3.40. The molecule has 2 aromatic carbocycles. The maximum atomic E-state index is 13.5. The number of hydrogen-bond donors (Lipinski definition) is 2. The Labute approximate surface area is 185 Å². The smallest absolute Gasteiger partial charge is 0.128 e. The van der Waals surface area contributed by atoms with E-state index in [0.717, 1.165) is 46.1 Å². The van der Waals surface area contributed by atoms with E-state index in [1.807, 2.05) is 36.5 Å². The number of rotatable bonds is 6. The maximum Gasteiger partial charge on any atom is 0.128 e. The molecule has 0 saturated carbocycles. The molecule has 4 aromatic rings. The molecule has 0 radical (unpaired) electrons. The molecule has 3 atom stereocenters. The van der Waals surface area contributed by atoms with Gasteiger partial charge in [-0.1, -0.05) is 12.1 Å². The predicted octanol–water partition coefficient (Wildman–Crippen LogP) is 5.53. The summed E-state index contributed by atoms with van der Waals surface area (Å²) in [5.41, 5.74) is 1.03. The molecule has 31 heavy (non-hydrogen) atoms. The molecule has 0 spiro atoms. The third-order valence-electron chi connectivity index (χ3n) is 6.35. The average molecular weight is 439 g/mol. The molecular weight excluding hydrogens is 411 g/mol. The van der Waals surface area contributed by atoms with E-state index in [2.05, 4.69) is 22.9 Å². The molecule has 3 heterocycles. The second kappa shape index (κ2) is 8.61. The Hall–Kier alpha value is -2.41. The Balaban J connectivity index is 1.17. The summed E-state index contributed by atoms with van der Waals surface area (Å²) in [6.07, 6.45) is 3.45. The SMILES string of the molecule is CC1C[C@@H](c2cc3ccc(F)cc3s2)CCN1CC(O)COc1cccc2[nH]ccc12. The van der Waals surface area contributed by atoms with Crippen LogP contribution < -0.4 is 4.74 Å². The fourth-order valence-electron chi connectivity index (χ4n) is 4.67. The summed E-state index contributed by atoms with van der Waals surface area (Å²) >= 11 is 1.71. The predicted molar refractivity (Wildman–Crippen MR) is 125 cm³/mol. The number of nitrogens with zero attached hydrogens (tertiary/aromatic N) is 1. The first kappa shape index (κ1) is 20.5. The number of nitrogens with one attached hydrogen (secondary N) is 1. The second-order valence-electron chi connectivity index (χ2n) is 8.56. The topological polar surface area (TPSA) is 48.5 Å². The molecule has 5 rings (SSSR count). The van der Waals surface area contributed by atoms with Gasteiger partial charge < -0.3 is 14.8 Å². The molecule has 2 unspecified atom stereocenters. The highest BCUT2D eigenvalue weighted by Gasteiger charge is 2.28. The van der Waals surface area contributed by atoms with Crippen molar-refractivity contribution in [2.24, 2.45) is 0 Å². The van der Waals surface area contributed by atoms with Gasteiger partial charge in [0.25, 0.3) is 0 Å². The van der Waals surface area contributed by atoms with Gasteiger partial charge in [-0.15, -0.1) is 11.3 Å². The van der Waals surface area contributed by atoms with Gasteiger partial charge in [0.05, 0.1) is 0 Å². The third-order valence-corrected chi connectivity index (χ3v) is 7.61. The van der Waals surface area contributed by atoms with Crippen LogP contribution in [0.15, 0.2) is 54.7 Å². The summed E-state index contributed by atoms with van der Waals surface area (Å²) in [6.45, 7) is 4.06. The minimum Gasteiger partial charge on any atom is -0.490 e. The molecule has 162 valence electrons. The lowest BCUT2D eigenvalue weighted by Gasteiger charge is -2.38. The number of likely N-dealkylation sites (tertiary alicyclic amines) is 1. The number of halogens is 1. The van der Waals surface area contributed by atoms with E-state index in [-0.39, 0.29) is 12.4 Å². The largest absolute Gasteiger partial charge is 0.490 e. The summed E-state index contributed by atoms with van der Waals surface area (Å²) in [4.78, 5) is 6.88. The summed E-state index contributed by atoms with van der Waals surface area (Å²) < 4.78 is 20.5. The fraction of sp³-hybridized carbons (Fsp3) is 0.360. The number of H-pyrrole nitrogens is 1. The number of thiophene rings is 1. The van der Waals surface area contributed by atoms with E-state index in [4.69, 9.17) is 4.74 Å². The number of benzene rings is 2. The van der Waals surface area contributed by atoms with Crippen LogP contribution in [-0.4, -0.2) is 46.8 Å². The molecule has 6 heteroatoms. The van der Waals surface area contributed by atoms with E-state index in [9.17, 15) is 9.50 Å². The third kappa shape index (κ3) is 4.33. The Morgan fingerprint density at radius 2 is 2.16 bits per heavy atom. The van der Waals surface area contributed by atoms with Crippen LogP contribution in [0.5, 0.6) is 5.75 Å². The molecule has 0 aliphatic carbocycles. The van der Waals surface area contributed by atoms with Crippen molar-refractivity contribution < 1.29 is 14.2 Å². The first-order valence-electron chi connectivity index (χ1n) is 10.9. The zero-order valence-electron chi connectivity index (χ0n) is 17.6. The van der Waals surface area contributed by atoms with Crippen molar-refractivity contribution in [3.8, 4) is 5.75 Å². The van der Waals surface area contributed by atoms with Gasteiger partial charge in [-0.2, -0.15) is 0 Å². The van der Waals surface area contributed by atoms with Crippen molar-refractivity contribution in [1.82, 2.24) is 9.88 Å². The monoisotopic (exact) mass is 438 g/mol. The van der Waals surface area contributed by atoms with Crippen molar-refractivity contribution in [1.29, 1.82) is 0 Å². The Morgan fingerprint density at radius 3 is 3.03 bits per heavy atom. The molecule has 2 aromatic heterocycles. The highest BCUT2D eigenvalue weighted by Crippen LogP contribution is 2.38. The van der Waals surface area contributed by atoms with Gasteiger partial charge in [0.15, 0.2) is 0 Å². The molecule has 0 bridgehead atoms. The van der Waals surface area contributed by atoms with Crippen LogP contribution in [0, 0.1) is 5.82 Å². The van der Waals surface area contributed by atoms with Crippen LogP contribution in [0.1, 0.15) is 30.6 Å². The van der Waals surface area contributed by atoms with Gasteiger partial charge in [0, 0.05) is 39.3 Å². The number of aliphatic hydroxyl groups excluding tert-OH is 1. The van der Waals surface area contributed by atoms with Crippen molar-refractivity contribution in [2.75, 3.05) is 19.7 Å². The summed E-state index contributed by atoms with van der Waals surface area (Å²) in [7, 11) is 0. The van der Waals surface area contributed by atoms with E-state index >= 15 is 0 Å². The first-order valence-corrected chi connectivity index (χ1v) is 11.7. The molecule has 1 saturated heterocycles. The van der Waals surface area contributed by atoms with Crippen LogP contribution >= 0.6 is 11.3 Å². The lowest BCUT2D eigenvalue weighted by molar-refractivity contribution is 0.0408. The number of aromatic nitrogens is 1. The van der Waals surface area contributed by atoms with Crippen molar-refractivity contribution >= 4 is 32.3 Å². The van der Waals surface area contributed by atoms with E-state index in [0.29, 0.717) is 18.5 Å². The molecule has 1 aliphatic heterocycles. The first-order chi connectivity index (χ1) is 15.1. The van der Waals surface area contributed by atoms with Gasteiger partial charge in [0.1, 0.15) is 24.3 Å². The Morgan fingerprint density at radius 1 is 1.26 bits per heavy atom. The number of piperidine rings is 1. The number of hydrogen-bond acceptors (Lipinski definition) is 4. The van der Waals surface area contributed by atoms with E-state index in [1.165, 1.54) is 10.9 Å². The van der Waals surface area contributed by atoms with Crippen molar-refractivity contribution in [3.05, 3.63) is 65.4 Å². The van der Waals surface area contributed by atoms with Gasteiger partial charge >= 0.3 is 0 Å². The highest BCUT2D eigenvalue weighted by atomic mass is 32.1. The number of aromatic amines is 1. The van der Waals surface area contributed by atoms with E-state index < -0.39 is 6.10 Å². The summed E-state index contributed by atoms with van der Waals surface area (Å²) in [6, 6.07) is 15.5. The minimum absolute atomic E-state index is 0.173. The van der Waals surface area contributed by atoms with E-state index in [1.54, 1.807) is 17.4 Å². The lowest BCUT2D eigenvalue weighted by atomic mass is 9.90. The van der Waals surface area contributed by atoms with Crippen molar-refractivity contribution in [2.45, 2.75) is 37.8 Å². The standard InChI is InChI=1S/C25H27FN2O2S/c1-16-11-18(24-12-17-5-6-19(26)13-25(17)31-24)8-10-28(16)14-20(29)15-30-23-4-2-3-22-21(23)7-9-27-22/h2-7,9,12-13,16,18,20,27,29H,8,10-11,14-15H2,1H3/t16?,18-,20?/m0/s1. The zero-order chi connectivity index (χ0) is 21.4.